The van der Waals surface area contributed by atoms with Gasteiger partial charge >= 0.3 is 0 Å². The molecule has 5 nitrogen and oxygen atoms in total. The Morgan fingerprint density at radius 2 is 1.73 bits per heavy atom. The van der Waals surface area contributed by atoms with E-state index in [0.717, 1.165) is 35.1 Å². The third-order valence-electron chi connectivity index (χ3n) is 4.90. The van der Waals surface area contributed by atoms with Crippen molar-refractivity contribution in [3.05, 3.63) is 65.7 Å². The van der Waals surface area contributed by atoms with E-state index < -0.39 is 0 Å². The molecule has 1 aromatic heterocycles. The van der Waals surface area contributed by atoms with E-state index in [-0.39, 0.29) is 11.9 Å². The molecule has 0 aliphatic heterocycles. The standard InChI is InChI=1S/C24H30N4OS/c1-5-28-23(21-9-7-6-8-10-21)26-27-24(28)30-16-22(29)25-18(4)20-13-11-19(12-14-20)15-17(2)3/h6-14,17-18H,5,15-16H2,1-4H3,(H,25,29)/t18-/m0/s1. The summed E-state index contributed by atoms with van der Waals surface area (Å²) in [6.07, 6.45) is 1.07. The molecule has 158 valence electrons. The first-order chi connectivity index (χ1) is 14.5. The summed E-state index contributed by atoms with van der Waals surface area (Å²) in [6, 6.07) is 18.5. The van der Waals surface area contributed by atoms with Crippen LogP contribution in [0.4, 0.5) is 0 Å². The van der Waals surface area contributed by atoms with E-state index in [2.05, 4.69) is 60.6 Å². The van der Waals surface area contributed by atoms with E-state index in [1.54, 1.807) is 0 Å². The van der Waals surface area contributed by atoms with Crippen molar-refractivity contribution in [2.24, 2.45) is 5.92 Å². The fraction of sp³-hybridized carbons (Fsp3) is 0.375. The van der Waals surface area contributed by atoms with Crippen LogP contribution in [0.5, 0.6) is 0 Å². The van der Waals surface area contributed by atoms with Crippen LogP contribution in [0, 0.1) is 5.92 Å². The molecule has 30 heavy (non-hydrogen) atoms. The first kappa shape index (κ1) is 22.1. The molecule has 0 saturated heterocycles. The molecule has 0 aliphatic carbocycles. The first-order valence-electron chi connectivity index (χ1n) is 10.5. The number of nitrogens with one attached hydrogen (secondary N) is 1. The summed E-state index contributed by atoms with van der Waals surface area (Å²) in [6.45, 7) is 9.26. The Balaban J connectivity index is 1.57. The van der Waals surface area contributed by atoms with Gasteiger partial charge < -0.3 is 9.88 Å². The topological polar surface area (TPSA) is 59.8 Å². The lowest BCUT2D eigenvalue weighted by molar-refractivity contribution is -0.119. The fourth-order valence-electron chi connectivity index (χ4n) is 3.39. The highest BCUT2D eigenvalue weighted by molar-refractivity contribution is 7.99. The zero-order valence-corrected chi connectivity index (χ0v) is 18.9. The maximum Gasteiger partial charge on any atom is 0.230 e. The molecule has 2 aromatic carbocycles. The number of hydrogen-bond acceptors (Lipinski definition) is 4. The summed E-state index contributed by atoms with van der Waals surface area (Å²) in [7, 11) is 0. The van der Waals surface area contributed by atoms with Gasteiger partial charge in [-0.15, -0.1) is 10.2 Å². The van der Waals surface area contributed by atoms with Crippen LogP contribution in [0.1, 0.15) is 44.9 Å². The molecule has 1 heterocycles. The molecule has 1 N–H and O–H groups in total. The van der Waals surface area contributed by atoms with Crippen LogP contribution >= 0.6 is 11.8 Å². The summed E-state index contributed by atoms with van der Waals surface area (Å²) >= 11 is 1.42. The van der Waals surface area contributed by atoms with Gasteiger partial charge in [-0.05, 0) is 37.3 Å². The monoisotopic (exact) mass is 422 g/mol. The molecule has 0 aliphatic rings. The third-order valence-corrected chi connectivity index (χ3v) is 5.87. The predicted octanol–water partition coefficient (Wildman–Crippen LogP) is 5.13. The van der Waals surface area contributed by atoms with Crippen LogP contribution in [-0.2, 0) is 17.8 Å². The van der Waals surface area contributed by atoms with Crippen LogP contribution in [0.15, 0.2) is 59.8 Å². The average Bonchev–Trinajstić information content (AvgIpc) is 3.16. The summed E-state index contributed by atoms with van der Waals surface area (Å²) in [5.41, 5.74) is 3.47. The van der Waals surface area contributed by atoms with E-state index in [1.165, 1.54) is 17.3 Å². The van der Waals surface area contributed by atoms with Gasteiger partial charge in [-0.1, -0.05) is 80.2 Å². The average molecular weight is 423 g/mol. The predicted molar refractivity (Wildman–Crippen MR) is 123 cm³/mol. The van der Waals surface area contributed by atoms with Crippen molar-refractivity contribution in [3.8, 4) is 11.4 Å². The van der Waals surface area contributed by atoms with Crippen molar-refractivity contribution in [3.63, 3.8) is 0 Å². The summed E-state index contributed by atoms with van der Waals surface area (Å²) in [4.78, 5) is 12.5. The number of benzene rings is 2. The van der Waals surface area contributed by atoms with Crippen molar-refractivity contribution in [1.29, 1.82) is 0 Å². The second-order valence-electron chi connectivity index (χ2n) is 7.83. The highest BCUT2D eigenvalue weighted by atomic mass is 32.2. The molecule has 1 atom stereocenters. The van der Waals surface area contributed by atoms with Crippen LogP contribution < -0.4 is 5.32 Å². The highest BCUT2D eigenvalue weighted by Gasteiger charge is 2.15. The lowest BCUT2D eigenvalue weighted by Crippen LogP contribution is -2.28. The molecule has 0 radical (unpaired) electrons. The van der Waals surface area contributed by atoms with E-state index in [0.29, 0.717) is 11.7 Å². The van der Waals surface area contributed by atoms with Crippen molar-refractivity contribution < 1.29 is 4.79 Å². The zero-order chi connectivity index (χ0) is 21.5. The van der Waals surface area contributed by atoms with Crippen LogP contribution in [-0.4, -0.2) is 26.4 Å². The Morgan fingerprint density at radius 3 is 2.37 bits per heavy atom. The number of rotatable bonds is 9. The minimum Gasteiger partial charge on any atom is -0.349 e. The van der Waals surface area contributed by atoms with Gasteiger partial charge in [-0.25, -0.2) is 0 Å². The number of thioether (sulfide) groups is 1. The minimum atomic E-state index is -0.0323. The molecular formula is C24H30N4OS. The van der Waals surface area contributed by atoms with Gasteiger partial charge in [0.25, 0.3) is 0 Å². The number of carbonyl (C=O) groups is 1. The Hall–Kier alpha value is -2.60. The smallest absolute Gasteiger partial charge is 0.230 e. The number of aromatic nitrogens is 3. The van der Waals surface area contributed by atoms with Crippen LogP contribution in [0.3, 0.4) is 0 Å². The van der Waals surface area contributed by atoms with Crippen LogP contribution in [0.2, 0.25) is 0 Å². The molecule has 0 fully saturated rings. The van der Waals surface area contributed by atoms with Crippen LogP contribution in [0.25, 0.3) is 11.4 Å². The van der Waals surface area contributed by atoms with Gasteiger partial charge in [0, 0.05) is 12.1 Å². The molecule has 1 amide bonds. The molecule has 0 unspecified atom stereocenters. The highest BCUT2D eigenvalue weighted by Crippen LogP contribution is 2.24. The number of carbonyl (C=O) groups excluding carboxylic acids is 1. The fourth-order valence-corrected chi connectivity index (χ4v) is 4.21. The molecule has 0 bridgehead atoms. The number of amides is 1. The van der Waals surface area contributed by atoms with Gasteiger partial charge in [0.15, 0.2) is 11.0 Å². The molecule has 3 rings (SSSR count). The quantitative estimate of drug-likeness (QED) is 0.486. The van der Waals surface area contributed by atoms with E-state index in [9.17, 15) is 4.79 Å². The van der Waals surface area contributed by atoms with Crippen molar-refractivity contribution in [2.75, 3.05) is 5.75 Å². The lowest BCUT2D eigenvalue weighted by Gasteiger charge is -2.15. The molecular weight excluding hydrogens is 392 g/mol. The lowest BCUT2D eigenvalue weighted by atomic mass is 10.00. The molecule has 0 saturated carbocycles. The van der Waals surface area contributed by atoms with Gasteiger partial charge in [0.05, 0.1) is 11.8 Å². The Kier molecular flexibility index (Phi) is 7.69. The van der Waals surface area contributed by atoms with Crippen molar-refractivity contribution in [2.45, 2.75) is 51.9 Å². The SMILES string of the molecule is CCn1c(SCC(=O)N[C@@H](C)c2ccc(CC(C)C)cc2)nnc1-c1ccccc1. The zero-order valence-electron chi connectivity index (χ0n) is 18.1. The second-order valence-corrected chi connectivity index (χ2v) is 8.78. The number of hydrogen-bond donors (Lipinski definition) is 1. The van der Waals surface area contributed by atoms with Gasteiger partial charge in [0.2, 0.25) is 5.91 Å². The van der Waals surface area contributed by atoms with Gasteiger partial charge in [-0.3, -0.25) is 4.79 Å². The summed E-state index contributed by atoms with van der Waals surface area (Å²) in [5.74, 6) is 1.77. The minimum absolute atomic E-state index is 0.00864. The maximum atomic E-state index is 12.5. The number of nitrogens with zero attached hydrogens (tertiary/aromatic N) is 3. The normalized spacial score (nSPS) is 12.2. The maximum absolute atomic E-state index is 12.5. The summed E-state index contributed by atoms with van der Waals surface area (Å²) in [5, 5.41) is 12.5. The summed E-state index contributed by atoms with van der Waals surface area (Å²) < 4.78 is 2.05. The Morgan fingerprint density at radius 1 is 1.03 bits per heavy atom. The van der Waals surface area contributed by atoms with Crippen molar-refractivity contribution >= 4 is 17.7 Å². The Bertz CT molecular complexity index is 951. The second kappa shape index (κ2) is 10.4. The van der Waals surface area contributed by atoms with E-state index in [4.69, 9.17) is 0 Å². The van der Waals surface area contributed by atoms with E-state index in [1.807, 2.05) is 41.8 Å². The van der Waals surface area contributed by atoms with Gasteiger partial charge in [-0.2, -0.15) is 0 Å². The largest absolute Gasteiger partial charge is 0.349 e. The molecule has 0 spiro atoms. The first-order valence-corrected chi connectivity index (χ1v) is 11.5. The molecule has 6 heteroatoms. The van der Waals surface area contributed by atoms with Gasteiger partial charge in [0.1, 0.15) is 0 Å². The Labute approximate surface area is 183 Å². The molecule has 3 aromatic rings. The van der Waals surface area contributed by atoms with Crippen molar-refractivity contribution in [1.82, 2.24) is 20.1 Å². The third kappa shape index (κ3) is 5.72. The van der Waals surface area contributed by atoms with E-state index >= 15 is 0 Å².